The van der Waals surface area contributed by atoms with Gasteiger partial charge < -0.3 is 10.6 Å². The lowest BCUT2D eigenvalue weighted by molar-refractivity contribution is -0.133. The van der Waals surface area contributed by atoms with E-state index in [1.807, 2.05) is 0 Å². The predicted molar refractivity (Wildman–Crippen MR) is 131 cm³/mol. The molecule has 0 bridgehead atoms. The summed E-state index contributed by atoms with van der Waals surface area (Å²) in [4.78, 5) is 38.0. The molecular weight excluding hydrogens is 559 g/mol. The zero-order valence-corrected chi connectivity index (χ0v) is 19.9. The Bertz CT molecular complexity index is 1370. The van der Waals surface area contributed by atoms with Gasteiger partial charge in [0, 0.05) is 25.7 Å². The Kier molecular flexibility index (Phi) is 6.57. The number of carbonyl (C=O) groups excluding carboxylic acids is 3. The molecule has 4 rings (SSSR count). The Hall–Kier alpha value is -3.50. The lowest BCUT2D eigenvalue weighted by Gasteiger charge is -2.13. The highest BCUT2D eigenvalue weighted by Crippen LogP contribution is 2.24. The molecule has 0 radical (unpaired) electrons. The van der Waals surface area contributed by atoms with E-state index in [0.29, 0.717) is 22.3 Å². The van der Waals surface area contributed by atoms with Crippen molar-refractivity contribution in [2.75, 3.05) is 16.1 Å². The number of nitrogens with zero attached hydrogens (tertiary/aromatic N) is 1. The zero-order chi connectivity index (χ0) is 23.5. The highest BCUT2D eigenvalue weighted by molar-refractivity contribution is 9.10. The quantitative estimate of drug-likeness (QED) is 0.291. The number of nitrogens with one attached hydrogen (secondary N) is 3. The fraction of sp³-hybridized carbons (Fsp3) is 0. The van der Waals surface area contributed by atoms with Crippen molar-refractivity contribution in [2.24, 2.45) is 0 Å². The molecule has 4 aromatic rings. The Labute approximate surface area is 204 Å². The third-order valence-electron chi connectivity index (χ3n) is 4.62. The Balaban J connectivity index is 1.61. The summed E-state index contributed by atoms with van der Waals surface area (Å²) in [5.41, 5.74) is 3.88. The molecule has 0 saturated heterocycles. The van der Waals surface area contributed by atoms with Gasteiger partial charge in [-0.25, -0.2) is 9.07 Å². The first-order chi connectivity index (χ1) is 15.8. The van der Waals surface area contributed by atoms with Gasteiger partial charge in [-0.1, -0.05) is 31.9 Å². The molecule has 7 nitrogen and oxygen atoms in total. The normalized spacial score (nSPS) is 10.6. The number of hydrogen-bond acceptors (Lipinski definition) is 3. The molecule has 3 aromatic carbocycles. The van der Waals surface area contributed by atoms with Crippen molar-refractivity contribution in [3.63, 3.8) is 0 Å². The molecule has 0 fully saturated rings. The van der Waals surface area contributed by atoms with E-state index in [0.717, 1.165) is 8.95 Å². The minimum Gasteiger partial charge on any atom is -0.321 e. The maximum absolute atomic E-state index is 13.2. The van der Waals surface area contributed by atoms with Crippen molar-refractivity contribution in [3.05, 3.63) is 93.3 Å². The van der Waals surface area contributed by atoms with Gasteiger partial charge in [0.15, 0.2) is 0 Å². The lowest BCUT2D eigenvalue weighted by atomic mass is 10.2. The summed E-state index contributed by atoms with van der Waals surface area (Å²) in [6, 6.07) is 18.8. The molecule has 10 heteroatoms. The number of carbonyl (C=O) groups is 3. The van der Waals surface area contributed by atoms with Gasteiger partial charge in [0.25, 0.3) is 5.91 Å². The van der Waals surface area contributed by atoms with Gasteiger partial charge in [0.05, 0.1) is 5.52 Å². The Morgan fingerprint density at radius 1 is 0.727 bits per heavy atom. The van der Waals surface area contributed by atoms with E-state index < -0.39 is 23.5 Å². The summed E-state index contributed by atoms with van der Waals surface area (Å²) in [5.74, 6) is -2.85. The van der Waals surface area contributed by atoms with Crippen LogP contribution >= 0.6 is 31.9 Å². The monoisotopic (exact) mass is 572 g/mol. The van der Waals surface area contributed by atoms with Crippen molar-refractivity contribution in [2.45, 2.75) is 0 Å². The van der Waals surface area contributed by atoms with Gasteiger partial charge in [-0.3, -0.25) is 19.8 Å². The number of benzene rings is 3. The van der Waals surface area contributed by atoms with E-state index in [1.54, 1.807) is 48.5 Å². The van der Waals surface area contributed by atoms with Gasteiger partial charge in [0.1, 0.15) is 11.5 Å². The first kappa shape index (κ1) is 22.7. The van der Waals surface area contributed by atoms with Crippen molar-refractivity contribution in [1.82, 2.24) is 4.68 Å². The molecule has 0 aliphatic rings. The van der Waals surface area contributed by atoms with Crippen LogP contribution in [0.2, 0.25) is 0 Å². The van der Waals surface area contributed by atoms with Gasteiger partial charge in [0.2, 0.25) is 0 Å². The maximum atomic E-state index is 13.2. The van der Waals surface area contributed by atoms with Crippen LogP contribution in [-0.2, 0) is 9.59 Å². The highest BCUT2D eigenvalue weighted by atomic mass is 79.9. The second-order valence-corrected chi connectivity index (χ2v) is 8.76. The summed E-state index contributed by atoms with van der Waals surface area (Å²) < 4.78 is 16.0. The minimum absolute atomic E-state index is 0.0808. The zero-order valence-electron chi connectivity index (χ0n) is 16.7. The Morgan fingerprint density at radius 2 is 1.33 bits per heavy atom. The van der Waals surface area contributed by atoms with E-state index in [9.17, 15) is 18.8 Å². The van der Waals surface area contributed by atoms with E-state index in [-0.39, 0.29) is 5.69 Å². The van der Waals surface area contributed by atoms with Crippen LogP contribution in [0.4, 0.5) is 15.8 Å². The topological polar surface area (TPSA) is 92.2 Å². The number of halogens is 3. The largest absolute Gasteiger partial charge is 0.328 e. The van der Waals surface area contributed by atoms with Gasteiger partial charge in [-0.15, -0.1) is 0 Å². The predicted octanol–water partition coefficient (Wildman–Crippen LogP) is 5.27. The number of hydrogen-bond donors (Lipinski definition) is 3. The fourth-order valence-corrected chi connectivity index (χ4v) is 3.72. The van der Waals surface area contributed by atoms with Crippen LogP contribution in [0.15, 0.2) is 81.7 Å². The van der Waals surface area contributed by atoms with Crippen LogP contribution in [0.3, 0.4) is 0 Å². The van der Waals surface area contributed by atoms with E-state index in [4.69, 9.17) is 0 Å². The minimum atomic E-state index is -0.964. The van der Waals surface area contributed by atoms with Crippen LogP contribution in [0.25, 0.3) is 10.9 Å². The molecule has 0 aliphatic heterocycles. The molecule has 166 valence electrons. The van der Waals surface area contributed by atoms with Crippen LogP contribution in [0, 0.1) is 5.82 Å². The molecule has 0 unspecified atom stereocenters. The average molecular weight is 574 g/mol. The van der Waals surface area contributed by atoms with Crippen LogP contribution in [0.5, 0.6) is 0 Å². The van der Waals surface area contributed by atoms with Crippen molar-refractivity contribution in [1.29, 1.82) is 0 Å². The summed E-state index contributed by atoms with van der Waals surface area (Å²) in [6.07, 6.45) is 0. The van der Waals surface area contributed by atoms with E-state index in [2.05, 4.69) is 47.9 Å². The number of rotatable bonds is 4. The van der Waals surface area contributed by atoms with Crippen molar-refractivity contribution in [3.8, 4) is 0 Å². The van der Waals surface area contributed by atoms with Gasteiger partial charge >= 0.3 is 11.8 Å². The first-order valence-electron chi connectivity index (χ1n) is 9.56. The molecule has 0 aliphatic carbocycles. The number of aromatic nitrogens is 1. The summed E-state index contributed by atoms with van der Waals surface area (Å²) in [5, 5.41) is 5.81. The molecule has 0 saturated carbocycles. The molecule has 3 N–H and O–H groups in total. The first-order valence-corrected chi connectivity index (χ1v) is 11.1. The maximum Gasteiger partial charge on any atom is 0.328 e. The van der Waals surface area contributed by atoms with Gasteiger partial charge in [-0.2, -0.15) is 0 Å². The third-order valence-corrected chi connectivity index (χ3v) is 5.64. The third kappa shape index (κ3) is 5.29. The van der Waals surface area contributed by atoms with Crippen LogP contribution in [0.1, 0.15) is 10.5 Å². The molecular formula is C23H15Br2FN4O3. The SMILES string of the molecule is O=C(Nc1ccc(Br)cc1)C(=O)Nn1c(C(=O)Nc2ccc(F)cc2)cc2cc(Br)ccc21. The Morgan fingerprint density at radius 3 is 2.03 bits per heavy atom. The molecule has 1 heterocycles. The van der Waals surface area contributed by atoms with E-state index in [1.165, 1.54) is 28.9 Å². The smallest absolute Gasteiger partial charge is 0.321 e. The number of anilines is 2. The van der Waals surface area contributed by atoms with Crippen LogP contribution < -0.4 is 16.1 Å². The summed E-state index contributed by atoms with van der Waals surface area (Å²) in [6.45, 7) is 0. The molecule has 0 atom stereocenters. The average Bonchev–Trinajstić information content (AvgIpc) is 3.14. The molecule has 1 aromatic heterocycles. The number of fused-ring (bicyclic) bond motifs is 1. The summed E-state index contributed by atoms with van der Waals surface area (Å²) in [7, 11) is 0. The molecule has 33 heavy (non-hydrogen) atoms. The standard InChI is InChI=1S/C23H15Br2FN4O3/c24-14-1-6-17(7-2-14)28-22(32)23(33)29-30-19-10-3-15(25)11-13(19)12-20(30)21(31)27-18-8-4-16(26)5-9-18/h1-12H,(H,27,31)(H,28,32)(H,29,33). The fourth-order valence-electron chi connectivity index (χ4n) is 3.08. The second kappa shape index (κ2) is 9.55. The van der Waals surface area contributed by atoms with Gasteiger partial charge in [-0.05, 0) is 72.8 Å². The van der Waals surface area contributed by atoms with Crippen molar-refractivity contribution >= 4 is 71.9 Å². The van der Waals surface area contributed by atoms with Crippen molar-refractivity contribution < 1.29 is 18.8 Å². The van der Waals surface area contributed by atoms with Crippen LogP contribution in [-0.4, -0.2) is 22.4 Å². The summed E-state index contributed by atoms with van der Waals surface area (Å²) >= 11 is 6.68. The van der Waals surface area contributed by atoms with E-state index >= 15 is 0 Å². The highest BCUT2D eigenvalue weighted by Gasteiger charge is 2.21. The molecule has 3 amide bonds. The number of amides is 3. The second-order valence-electron chi connectivity index (χ2n) is 6.93. The molecule has 0 spiro atoms. The lowest BCUT2D eigenvalue weighted by Crippen LogP contribution is -2.36.